The maximum atomic E-state index is 11.3. The Balaban J connectivity index is 2.27. The van der Waals surface area contributed by atoms with Gasteiger partial charge in [-0.05, 0) is 43.2 Å². The Hall–Kier alpha value is -1.58. The molecule has 0 spiro atoms. The van der Waals surface area contributed by atoms with E-state index < -0.39 is 5.97 Å². The summed E-state index contributed by atoms with van der Waals surface area (Å²) in [6.07, 6.45) is 4.83. The van der Waals surface area contributed by atoms with Crippen molar-refractivity contribution in [3.05, 3.63) is 23.4 Å². The Morgan fingerprint density at radius 2 is 2.14 bits per heavy atom. The predicted molar refractivity (Wildman–Crippen MR) is 85.1 cm³/mol. The lowest BCUT2D eigenvalue weighted by Crippen LogP contribution is -2.26. The number of carbonyl (C=O) groups is 1. The maximum Gasteiger partial charge on any atom is 0.335 e. The second-order valence-corrected chi connectivity index (χ2v) is 6.29. The first-order chi connectivity index (χ1) is 10.0. The molecule has 0 saturated carbocycles. The zero-order valence-corrected chi connectivity index (χ0v) is 13.3. The highest BCUT2D eigenvalue weighted by atomic mass is 16.4. The van der Waals surface area contributed by atoms with Gasteiger partial charge in [-0.3, -0.25) is 0 Å². The van der Waals surface area contributed by atoms with E-state index in [1.54, 1.807) is 12.1 Å². The van der Waals surface area contributed by atoms with Gasteiger partial charge in [-0.2, -0.15) is 0 Å². The molecule has 2 rings (SSSR count). The molecule has 1 unspecified atom stereocenters. The molecule has 0 amide bonds. The number of carboxylic acids is 1. The van der Waals surface area contributed by atoms with Crippen LogP contribution >= 0.6 is 0 Å². The van der Waals surface area contributed by atoms with E-state index in [2.05, 4.69) is 11.8 Å². The fourth-order valence-corrected chi connectivity index (χ4v) is 2.92. The van der Waals surface area contributed by atoms with Gasteiger partial charge >= 0.3 is 5.97 Å². The summed E-state index contributed by atoms with van der Waals surface area (Å²) in [6.45, 7) is 8.30. The molecule has 0 bridgehead atoms. The van der Waals surface area contributed by atoms with Crippen molar-refractivity contribution >= 4 is 11.8 Å². The Morgan fingerprint density at radius 1 is 1.38 bits per heavy atom. The molecule has 0 radical (unpaired) electrons. The highest BCUT2D eigenvalue weighted by molar-refractivity contribution is 5.88. The monoisotopic (exact) mass is 290 g/mol. The van der Waals surface area contributed by atoms with Gasteiger partial charge in [0.1, 0.15) is 5.82 Å². The van der Waals surface area contributed by atoms with Crippen molar-refractivity contribution in [1.29, 1.82) is 0 Å². The second-order valence-electron chi connectivity index (χ2n) is 6.29. The minimum absolute atomic E-state index is 0.235. The summed E-state index contributed by atoms with van der Waals surface area (Å²) in [4.78, 5) is 18.3. The van der Waals surface area contributed by atoms with E-state index >= 15 is 0 Å². The summed E-state index contributed by atoms with van der Waals surface area (Å²) in [5, 5.41) is 9.30. The van der Waals surface area contributed by atoms with Crippen molar-refractivity contribution in [1.82, 2.24) is 4.98 Å². The van der Waals surface area contributed by atoms with Crippen LogP contribution in [0.4, 0.5) is 5.82 Å². The standard InChI is InChI=1S/C17H26N2O2/c1-4-13-6-5-8-19(9-7-13)16-11-14(17(20)21)10-15(18-16)12(2)3/h10-13H,4-9H2,1-3H3,(H,20,21). The smallest absolute Gasteiger partial charge is 0.335 e. The normalized spacial score (nSPS) is 19.6. The van der Waals surface area contributed by atoms with E-state index in [1.807, 2.05) is 13.8 Å². The molecular weight excluding hydrogens is 264 g/mol. The molecule has 2 heterocycles. The van der Waals surface area contributed by atoms with Crippen molar-refractivity contribution in [2.24, 2.45) is 5.92 Å². The molecule has 1 atom stereocenters. The van der Waals surface area contributed by atoms with E-state index in [9.17, 15) is 9.90 Å². The molecule has 116 valence electrons. The third-order valence-electron chi connectivity index (χ3n) is 4.42. The van der Waals surface area contributed by atoms with Crippen LogP contribution in [0.5, 0.6) is 0 Å². The van der Waals surface area contributed by atoms with Crippen LogP contribution in [0.1, 0.15) is 68.4 Å². The lowest BCUT2D eigenvalue weighted by atomic mass is 9.98. The van der Waals surface area contributed by atoms with Crippen LogP contribution in [0, 0.1) is 5.92 Å². The second kappa shape index (κ2) is 6.92. The van der Waals surface area contributed by atoms with E-state index in [4.69, 9.17) is 4.98 Å². The highest BCUT2D eigenvalue weighted by Gasteiger charge is 2.19. The molecule has 4 nitrogen and oxygen atoms in total. The van der Waals surface area contributed by atoms with Gasteiger partial charge in [-0.1, -0.05) is 27.2 Å². The van der Waals surface area contributed by atoms with Gasteiger partial charge in [0.2, 0.25) is 0 Å². The minimum atomic E-state index is -0.873. The molecule has 1 aliphatic heterocycles. The molecule has 4 heteroatoms. The molecule has 1 aliphatic rings. The molecule has 1 saturated heterocycles. The third-order valence-corrected chi connectivity index (χ3v) is 4.42. The topological polar surface area (TPSA) is 53.4 Å². The van der Waals surface area contributed by atoms with Crippen LogP contribution in [-0.4, -0.2) is 29.1 Å². The molecule has 1 N–H and O–H groups in total. The van der Waals surface area contributed by atoms with E-state index in [0.717, 1.165) is 36.9 Å². The van der Waals surface area contributed by atoms with Crippen molar-refractivity contribution in [3.8, 4) is 0 Å². The van der Waals surface area contributed by atoms with Crippen molar-refractivity contribution in [2.75, 3.05) is 18.0 Å². The largest absolute Gasteiger partial charge is 0.478 e. The summed E-state index contributed by atoms with van der Waals surface area (Å²) >= 11 is 0. The summed E-state index contributed by atoms with van der Waals surface area (Å²) in [7, 11) is 0. The maximum absolute atomic E-state index is 11.3. The van der Waals surface area contributed by atoms with Crippen molar-refractivity contribution in [3.63, 3.8) is 0 Å². The van der Waals surface area contributed by atoms with Crippen LogP contribution < -0.4 is 4.90 Å². The molecule has 1 fully saturated rings. The van der Waals surface area contributed by atoms with Gasteiger partial charge in [0.25, 0.3) is 0 Å². The molecule has 1 aromatic rings. The van der Waals surface area contributed by atoms with Crippen LogP contribution in [0.2, 0.25) is 0 Å². The zero-order valence-electron chi connectivity index (χ0n) is 13.3. The van der Waals surface area contributed by atoms with Gasteiger partial charge in [-0.25, -0.2) is 9.78 Å². The number of carboxylic acid groups (broad SMARTS) is 1. The highest BCUT2D eigenvalue weighted by Crippen LogP contribution is 2.25. The van der Waals surface area contributed by atoms with Gasteiger partial charge in [0.05, 0.1) is 5.56 Å². The summed E-state index contributed by atoms with van der Waals surface area (Å²) in [6, 6.07) is 3.42. The minimum Gasteiger partial charge on any atom is -0.478 e. The quantitative estimate of drug-likeness (QED) is 0.913. The van der Waals surface area contributed by atoms with E-state index in [1.165, 1.54) is 19.3 Å². The summed E-state index contributed by atoms with van der Waals surface area (Å²) < 4.78 is 0. The molecule has 1 aromatic heterocycles. The SMILES string of the molecule is CCC1CCCN(c2cc(C(=O)O)cc(C(C)C)n2)CC1. The molecule has 0 aliphatic carbocycles. The number of rotatable bonds is 4. The van der Waals surface area contributed by atoms with Gasteiger partial charge in [0, 0.05) is 18.8 Å². The zero-order chi connectivity index (χ0) is 15.4. The number of hydrogen-bond acceptors (Lipinski definition) is 3. The van der Waals surface area contributed by atoms with Gasteiger partial charge in [-0.15, -0.1) is 0 Å². The Kier molecular flexibility index (Phi) is 5.21. The number of pyridine rings is 1. The molecule has 0 aromatic carbocycles. The van der Waals surface area contributed by atoms with Crippen molar-refractivity contribution in [2.45, 2.75) is 52.4 Å². The van der Waals surface area contributed by atoms with Crippen LogP contribution in [0.3, 0.4) is 0 Å². The summed E-state index contributed by atoms with van der Waals surface area (Å²) in [5.41, 5.74) is 1.21. The lowest BCUT2D eigenvalue weighted by molar-refractivity contribution is 0.0696. The Morgan fingerprint density at radius 3 is 2.76 bits per heavy atom. The van der Waals surface area contributed by atoms with Crippen LogP contribution in [0.25, 0.3) is 0 Å². The predicted octanol–water partition coefficient (Wildman–Crippen LogP) is 3.92. The van der Waals surface area contributed by atoms with E-state index in [0.29, 0.717) is 5.56 Å². The van der Waals surface area contributed by atoms with Crippen LogP contribution in [0.15, 0.2) is 12.1 Å². The first-order valence-electron chi connectivity index (χ1n) is 8.01. The van der Waals surface area contributed by atoms with E-state index in [-0.39, 0.29) is 5.92 Å². The third kappa shape index (κ3) is 3.96. The molecular formula is C17H26N2O2. The average Bonchev–Trinajstić information content (AvgIpc) is 2.72. The lowest BCUT2D eigenvalue weighted by Gasteiger charge is -2.23. The average molecular weight is 290 g/mol. The fourth-order valence-electron chi connectivity index (χ4n) is 2.92. The molecule has 21 heavy (non-hydrogen) atoms. The fraction of sp³-hybridized carbons (Fsp3) is 0.647. The van der Waals surface area contributed by atoms with Gasteiger partial charge < -0.3 is 10.0 Å². The first-order valence-corrected chi connectivity index (χ1v) is 8.01. The summed E-state index contributed by atoms with van der Waals surface area (Å²) in [5.74, 6) is 0.984. The number of hydrogen-bond donors (Lipinski definition) is 1. The van der Waals surface area contributed by atoms with Gasteiger partial charge in [0.15, 0.2) is 0 Å². The number of anilines is 1. The number of aromatic nitrogens is 1. The number of nitrogens with zero attached hydrogens (tertiary/aromatic N) is 2. The number of aromatic carboxylic acids is 1. The Labute approximate surface area is 127 Å². The Bertz CT molecular complexity index is 500. The van der Waals surface area contributed by atoms with Crippen LogP contribution in [-0.2, 0) is 0 Å². The first kappa shape index (κ1) is 15.8. The van der Waals surface area contributed by atoms with Crippen molar-refractivity contribution < 1.29 is 9.90 Å².